The molecule has 1 aliphatic carbocycles. The predicted octanol–water partition coefficient (Wildman–Crippen LogP) is 2.97. The predicted molar refractivity (Wildman–Crippen MR) is 84.9 cm³/mol. The van der Waals surface area contributed by atoms with Crippen molar-refractivity contribution >= 4 is 11.6 Å². The van der Waals surface area contributed by atoms with E-state index in [1.54, 1.807) is 6.07 Å². The van der Waals surface area contributed by atoms with Gasteiger partial charge in [0.1, 0.15) is 18.0 Å². The van der Waals surface area contributed by atoms with Crippen LogP contribution in [-0.2, 0) is 0 Å². The van der Waals surface area contributed by atoms with Crippen molar-refractivity contribution in [3.05, 3.63) is 12.4 Å². The number of anilines is 2. The zero-order valence-electron chi connectivity index (χ0n) is 13.5. The quantitative estimate of drug-likeness (QED) is 0.879. The topological polar surface area (TPSA) is 61.3 Å². The number of nitrogens with one attached hydrogen (secondary N) is 1. The molecular formula is C16H23F3N4O. The Hall–Kier alpha value is -1.57. The lowest BCUT2D eigenvalue weighted by atomic mass is 9.77. The maximum absolute atomic E-state index is 12.9. The number of nitrogens with zero attached hydrogens (tertiary/aromatic N) is 3. The molecule has 134 valence electrons. The van der Waals surface area contributed by atoms with Crippen molar-refractivity contribution in [3.8, 4) is 0 Å². The van der Waals surface area contributed by atoms with Gasteiger partial charge in [0, 0.05) is 25.7 Å². The third kappa shape index (κ3) is 4.09. The summed E-state index contributed by atoms with van der Waals surface area (Å²) in [5.41, 5.74) is -1.35. The van der Waals surface area contributed by atoms with Crippen molar-refractivity contribution in [1.82, 2.24) is 9.97 Å². The first kappa shape index (κ1) is 17.3. The Morgan fingerprint density at radius 1 is 1.25 bits per heavy atom. The van der Waals surface area contributed by atoms with Crippen LogP contribution >= 0.6 is 0 Å². The van der Waals surface area contributed by atoms with Crippen LogP contribution in [0.2, 0.25) is 0 Å². The van der Waals surface area contributed by atoms with Gasteiger partial charge in [-0.2, -0.15) is 13.2 Å². The molecule has 2 aliphatic rings. The van der Waals surface area contributed by atoms with Gasteiger partial charge in [-0.3, -0.25) is 0 Å². The molecule has 0 radical (unpaired) electrons. The van der Waals surface area contributed by atoms with E-state index in [-0.39, 0.29) is 19.4 Å². The molecule has 1 aliphatic heterocycles. The minimum absolute atomic E-state index is 0.0655. The molecule has 2 fully saturated rings. The monoisotopic (exact) mass is 344 g/mol. The van der Waals surface area contributed by atoms with E-state index < -0.39 is 17.7 Å². The van der Waals surface area contributed by atoms with E-state index in [9.17, 15) is 18.3 Å². The summed E-state index contributed by atoms with van der Waals surface area (Å²) in [5.74, 6) is -0.0770. The first-order valence-corrected chi connectivity index (χ1v) is 8.46. The molecule has 8 heteroatoms. The standard InChI is InChI=1S/C16H23F3N4O/c17-16(18,19)12-4-3-5-15(24,9-12)10-20-13-8-14(22-11-21-13)23-6-1-2-7-23/h8,11-12,24H,1-7,9-10H2,(H,20,21,22)/t12-,15+/m0/s1. The number of halogens is 3. The highest BCUT2D eigenvalue weighted by Gasteiger charge is 2.46. The van der Waals surface area contributed by atoms with E-state index in [0.717, 1.165) is 31.7 Å². The highest BCUT2D eigenvalue weighted by Crippen LogP contribution is 2.41. The molecule has 1 aromatic rings. The summed E-state index contributed by atoms with van der Waals surface area (Å²) < 4.78 is 38.7. The lowest BCUT2D eigenvalue weighted by Gasteiger charge is -2.37. The number of aromatic nitrogens is 2. The Labute approximate surface area is 139 Å². The molecule has 1 saturated heterocycles. The van der Waals surface area contributed by atoms with Crippen LogP contribution in [0.1, 0.15) is 38.5 Å². The third-order valence-corrected chi connectivity index (χ3v) is 4.97. The second-order valence-corrected chi connectivity index (χ2v) is 6.87. The highest BCUT2D eigenvalue weighted by molar-refractivity contribution is 5.49. The van der Waals surface area contributed by atoms with Gasteiger partial charge in [0.05, 0.1) is 11.5 Å². The first-order chi connectivity index (χ1) is 11.4. The van der Waals surface area contributed by atoms with Gasteiger partial charge < -0.3 is 15.3 Å². The molecule has 1 saturated carbocycles. The molecule has 0 aromatic carbocycles. The van der Waals surface area contributed by atoms with Crippen LogP contribution in [0.25, 0.3) is 0 Å². The van der Waals surface area contributed by atoms with Crippen molar-refractivity contribution in [1.29, 1.82) is 0 Å². The second kappa shape index (κ2) is 6.74. The summed E-state index contributed by atoms with van der Waals surface area (Å²) in [4.78, 5) is 10.5. The van der Waals surface area contributed by atoms with Crippen molar-refractivity contribution < 1.29 is 18.3 Å². The molecular weight excluding hydrogens is 321 g/mol. The fraction of sp³-hybridized carbons (Fsp3) is 0.750. The number of hydrogen-bond acceptors (Lipinski definition) is 5. The molecule has 2 atom stereocenters. The van der Waals surface area contributed by atoms with Crippen LogP contribution in [-0.4, -0.2) is 46.5 Å². The van der Waals surface area contributed by atoms with Gasteiger partial charge in [0.25, 0.3) is 0 Å². The molecule has 0 amide bonds. The maximum atomic E-state index is 12.9. The molecule has 5 nitrogen and oxygen atoms in total. The summed E-state index contributed by atoms with van der Waals surface area (Å²) >= 11 is 0. The Bertz CT molecular complexity index is 562. The molecule has 0 unspecified atom stereocenters. The summed E-state index contributed by atoms with van der Waals surface area (Å²) in [7, 11) is 0. The van der Waals surface area contributed by atoms with Gasteiger partial charge in [-0.1, -0.05) is 0 Å². The van der Waals surface area contributed by atoms with Crippen LogP contribution in [0.4, 0.5) is 24.8 Å². The molecule has 0 bridgehead atoms. The average Bonchev–Trinajstić information content (AvgIpc) is 3.07. The molecule has 3 rings (SSSR count). The molecule has 0 spiro atoms. The third-order valence-electron chi connectivity index (χ3n) is 4.97. The van der Waals surface area contributed by atoms with Crippen LogP contribution in [0.5, 0.6) is 0 Å². The van der Waals surface area contributed by atoms with Gasteiger partial charge in [0.15, 0.2) is 0 Å². The zero-order chi connectivity index (χ0) is 17.2. The maximum Gasteiger partial charge on any atom is 0.391 e. The summed E-state index contributed by atoms with van der Waals surface area (Å²) in [5, 5.41) is 13.5. The van der Waals surface area contributed by atoms with E-state index in [1.165, 1.54) is 6.33 Å². The van der Waals surface area contributed by atoms with Crippen LogP contribution in [0.3, 0.4) is 0 Å². The van der Waals surface area contributed by atoms with Gasteiger partial charge in [-0.05, 0) is 38.5 Å². The van der Waals surface area contributed by atoms with Crippen molar-refractivity contribution in [3.63, 3.8) is 0 Å². The molecule has 2 heterocycles. The number of alkyl halides is 3. The number of aliphatic hydroxyl groups is 1. The van der Waals surface area contributed by atoms with E-state index >= 15 is 0 Å². The summed E-state index contributed by atoms with van der Waals surface area (Å²) in [6, 6.07) is 1.79. The highest BCUT2D eigenvalue weighted by atomic mass is 19.4. The SMILES string of the molecule is O[C@]1(CNc2cc(N3CCCC3)ncn2)CCC[C@H](C(F)(F)F)C1. The van der Waals surface area contributed by atoms with Gasteiger partial charge in [-0.25, -0.2) is 9.97 Å². The first-order valence-electron chi connectivity index (χ1n) is 8.46. The Morgan fingerprint density at radius 3 is 2.71 bits per heavy atom. The molecule has 24 heavy (non-hydrogen) atoms. The smallest absolute Gasteiger partial charge is 0.388 e. The Morgan fingerprint density at radius 2 is 2.00 bits per heavy atom. The van der Waals surface area contributed by atoms with E-state index in [2.05, 4.69) is 20.2 Å². The largest absolute Gasteiger partial charge is 0.391 e. The lowest BCUT2D eigenvalue weighted by molar-refractivity contribution is -0.199. The second-order valence-electron chi connectivity index (χ2n) is 6.87. The minimum Gasteiger partial charge on any atom is -0.388 e. The summed E-state index contributed by atoms with van der Waals surface area (Å²) in [6.07, 6.45) is 0.0517. The van der Waals surface area contributed by atoms with Gasteiger partial charge >= 0.3 is 6.18 Å². The minimum atomic E-state index is -4.24. The summed E-state index contributed by atoms with van der Waals surface area (Å²) in [6.45, 7) is 1.97. The average molecular weight is 344 g/mol. The number of rotatable bonds is 4. The van der Waals surface area contributed by atoms with Gasteiger partial charge in [-0.15, -0.1) is 0 Å². The van der Waals surface area contributed by atoms with E-state index in [0.29, 0.717) is 18.7 Å². The van der Waals surface area contributed by atoms with Crippen molar-refractivity contribution in [2.45, 2.75) is 50.3 Å². The van der Waals surface area contributed by atoms with Crippen LogP contribution in [0.15, 0.2) is 12.4 Å². The van der Waals surface area contributed by atoms with Crippen LogP contribution < -0.4 is 10.2 Å². The molecule has 1 aromatic heterocycles. The van der Waals surface area contributed by atoms with Crippen LogP contribution in [0, 0.1) is 5.92 Å². The van der Waals surface area contributed by atoms with E-state index in [4.69, 9.17) is 0 Å². The number of hydrogen-bond donors (Lipinski definition) is 2. The fourth-order valence-electron chi connectivity index (χ4n) is 3.60. The zero-order valence-corrected chi connectivity index (χ0v) is 13.5. The molecule has 2 N–H and O–H groups in total. The Kier molecular flexibility index (Phi) is 4.85. The van der Waals surface area contributed by atoms with Gasteiger partial charge in [0.2, 0.25) is 0 Å². The van der Waals surface area contributed by atoms with E-state index in [1.807, 2.05) is 0 Å². The Balaban J connectivity index is 1.61. The normalized spacial score (nSPS) is 28.2. The van der Waals surface area contributed by atoms with Crippen molar-refractivity contribution in [2.24, 2.45) is 5.92 Å². The fourth-order valence-corrected chi connectivity index (χ4v) is 3.60. The lowest BCUT2D eigenvalue weighted by Crippen LogP contribution is -2.45. The van der Waals surface area contributed by atoms with Crippen molar-refractivity contribution in [2.75, 3.05) is 29.9 Å².